The van der Waals surface area contributed by atoms with Gasteiger partial charge >= 0.3 is 0 Å². The van der Waals surface area contributed by atoms with Crippen molar-refractivity contribution in [2.45, 2.75) is 184 Å². The average molecular weight is 1080 g/mol. The van der Waals surface area contributed by atoms with E-state index in [1.807, 2.05) is 6.07 Å². The summed E-state index contributed by atoms with van der Waals surface area (Å²) in [7, 11) is 0. The predicted octanol–water partition coefficient (Wildman–Crippen LogP) is 24.2. The fourth-order valence-electron chi connectivity index (χ4n) is 10.0. The van der Waals surface area contributed by atoms with E-state index in [9.17, 15) is 0 Å². The summed E-state index contributed by atoms with van der Waals surface area (Å²) < 4.78 is 0. The normalized spacial score (nSPS) is 12.8. The van der Waals surface area contributed by atoms with E-state index in [0.717, 1.165) is 24.7 Å². The van der Waals surface area contributed by atoms with Crippen molar-refractivity contribution in [3.63, 3.8) is 0 Å². The van der Waals surface area contributed by atoms with Crippen molar-refractivity contribution >= 4 is 5.57 Å². The van der Waals surface area contributed by atoms with Gasteiger partial charge in [0.05, 0.1) is 0 Å². The van der Waals surface area contributed by atoms with Crippen molar-refractivity contribution < 1.29 is 0 Å². The van der Waals surface area contributed by atoms with Gasteiger partial charge in [-0.15, -0.1) is 0 Å². The molecule has 0 heterocycles. The summed E-state index contributed by atoms with van der Waals surface area (Å²) in [5.41, 5.74) is 20.9. The monoisotopic (exact) mass is 1070 g/mol. The third kappa shape index (κ3) is 24.1. The highest BCUT2D eigenvalue weighted by molar-refractivity contribution is 5.71. The molecule has 8 aromatic rings. The van der Waals surface area contributed by atoms with Crippen molar-refractivity contribution in [1.82, 2.24) is 0 Å². The maximum absolute atomic E-state index is 2.35. The van der Waals surface area contributed by atoms with Gasteiger partial charge in [-0.05, 0) is 160 Å². The van der Waals surface area contributed by atoms with Gasteiger partial charge in [-0.1, -0.05) is 338 Å². The van der Waals surface area contributed by atoms with Gasteiger partial charge < -0.3 is 0 Å². The Labute approximate surface area is 495 Å². The lowest BCUT2D eigenvalue weighted by Gasteiger charge is -2.22. The van der Waals surface area contributed by atoms with E-state index in [1.54, 1.807) is 5.56 Å². The number of benzene rings is 8. The fourth-order valence-corrected chi connectivity index (χ4v) is 10.0. The standard InChI is InChI=1S/C16H18.C15H22.C15H16.C14H16.C11H16.C10H14/c1-13(2)16-10-8-15(9-11-16)12-14-6-4-3-5-7-14;2*1-12(2)13-8-10-15(11-9-13)14-6-4-3-5-7-14;1-11(2)12-7-9-14(10-8-12)13-5-3-4-6-13;1-9(2)8-11-6-4-10(3)5-7-11;1-8(2)10-6-4-9(3)5-7-10/h3-11,13H,12H2,1-2H3;8-12,14H,3-7H2,1-2H3;3-12H,1-2H3;3-5,7-11H,6H2,1-2H3;4-7,9H,8H2,1-3H3;4-8H,1-3H3. The summed E-state index contributed by atoms with van der Waals surface area (Å²) >= 11 is 0. The highest BCUT2D eigenvalue weighted by atomic mass is 14.2. The molecule has 0 amide bonds. The van der Waals surface area contributed by atoms with Gasteiger partial charge in [-0.25, -0.2) is 0 Å². The molecule has 0 saturated heterocycles. The van der Waals surface area contributed by atoms with Crippen molar-refractivity contribution in [2.24, 2.45) is 5.92 Å². The Morgan fingerprint density at radius 2 is 0.704 bits per heavy atom. The van der Waals surface area contributed by atoms with E-state index in [2.05, 4.69) is 315 Å². The Morgan fingerprint density at radius 3 is 1.12 bits per heavy atom. The highest BCUT2D eigenvalue weighted by Gasteiger charge is 2.15. The molecule has 1 fully saturated rings. The average Bonchev–Trinajstić information content (AvgIpc) is 4.04. The Morgan fingerprint density at radius 1 is 0.346 bits per heavy atom. The first-order chi connectivity index (χ1) is 38.9. The minimum Gasteiger partial charge on any atom is -0.0801 e. The Kier molecular flexibility index (Phi) is 28.3. The molecular weight excluding hydrogens is 973 g/mol. The SMILES string of the molecule is CC(C)c1ccc(-c2ccccc2)cc1.CC(C)c1ccc(C2=CC=CC2)cc1.CC(C)c1ccc(C2CCCCC2)cc1.CC(C)c1ccc(Cc2ccccc2)cc1.Cc1ccc(C(C)C)cc1.Cc1ccc(CC(C)C)cc1. The fraction of sp³-hybridized carbons (Fsp3) is 0.358. The largest absolute Gasteiger partial charge is 0.0801 e. The number of hydrogen-bond acceptors (Lipinski definition) is 0. The summed E-state index contributed by atoms with van der Waals surface area (Å²) in [6.45, 7) is 31.0. The van der Waals surface area contributed by atoms with E-state index >= 15 is 0 Å². The van der Waals surface area contributed by atoms with Crippen LogP contribution in [-0.2, 0) is 12.8 Å². The van der Waals surface area contributed by atoms with Gasteiger partial charge in [0.2, 0.25) is 0 Å². The van der Waals surface area contributed by atoms with Crippen LogP contribution < -0.4 is 0 Å². The topological polar surface area (TPSA) is 0 Å². The van der Waals surface area contributed by atoms with Crippen LogP contribution in [0, 0.1) is 19.8 Å². The summed E-state index contributed by atoms with van der Waals surface area (Å²) in [6.07, 6.45) is 16.9. The molecule has 0 radical (unpaired) electrons. The maximum atomic E-state index is 2.35. The van der Waals surface area contributed by atoms with Crippen molar-refractivity contribution in [2.75, 3.05) is 0 Å². The van der Waals surface area contributed by atoms with Crippen LogP contribution in [-0.4, -0.2) is 0 Å². The summed E-state index contributed by atoms with van der Waals surface area (Å²) in [4.78, 5) is 0. The second-order valence-corrected chi connectivity index (χ2v) is 24.6. The van der Waals surface area contributed by atoms with Crippen LogP contribution in [0.4, 0.5) is 0 Å². The quantitative estimate of drug-likeness (QED) is 0.114. The van der Waals surface area contributed by atoms with E-state index in [1.165, 1.54) is 116 Å². The van der Waals surface area contributed by atoms with Gasteiger partial charge in [0.15, 0.2) is 0 Å². The van der Waals surface area contributed by atoms with E-state index < -0.39 is 0 Å². The molecule has 0 aliphatic heterocycles. The second kappa shape index (κ2) is 35.2. The van der Waals surface area contributed by atoms with Crippen LogP contribution in [0.2, 0.25) is 0 Å². The lowest BCUT2D eigenvalue weighted by molar-refractivity contribution is 0.443. The molecule has 0 bridgehead atoms. The van der Waals surface area contributed by atoms with Crippen molar-refractivity contribution in [3.05, 3.63) is 291 Å². The Balaban J connectivity index is 0.000000180. The first-order valence-corrected chi connectivity index (χ1v) is 30.9. The lowest BCUT2D eigenvalue weighted by atomic mass is 9.83. The molecule has 0 unspecified atom stereocenters. The Hall–Kier alpha value is -6.76. The summed E-state index contributed by atoms with van der Waals surface area (Å²) in [5, 5.41) is 0. The first-order valence-electron chi connectivity index (χ1n) is 30.9. The molecule has 2 aliphatic carbocycles. The van der Waals surface area contributed by atoms with E-state index in [-0.39, 0.29) is 0 Å². The summed E-state index contributed by atoms with van der Waals surface area (Å²) in [6, 6.07) is 74.6. The third-order valence-corrected chi connectivity index (χ3v) is 15.5. The predicted molar refractivity (Wildman–Crippen MR) is 359 cm³/mol. The zero-order chi connectivity index (χ0) is 58.5. The summed E-state index contributed by atoms with van der Waals surface area (Å²) in [5.74, 6) is 4.77. The Bertz CT molecular complexity index is 2950. The van der Waals surface area contributed by atoms with Crippen LogP contribution in [0.5, 0.6) is 0 Å². The van der Waals surface area contributed by atoms with Crippen LogP contribution in [0.25, 0.3) is 16.7 Å². The van der Waals surface area contributed by atoms with E-state index in [4.69, 9.17) is 0 Å². The third-order valence-electron chi connectivity index (χ3n) is 15.5. The highest BCUT2D eigenvalue weighted by Crippen LogP contribution is 2.33. The maximum Gasteiger partial charge on any atom is -0.00258 e. The first kappa shape index (κ1) is 65.1. The zero-order valence-corrected chi connectivity index (χ0v) is 52.6. The minimum absolute atomic E-state index is 0.606. The van der Waals surface area contributed by atoms with Gasteiger partial charge in [-0.2, -0.15) is 0 Å². The number of aryl methyl sites for hydroxylation is 2. The van der Waals surface area contributed by atoms with Gasteiger partial charge in [-0.3, -0.25) is 0 Å². The molecule has 0 atom stereocenters. The van der Waals surface area contributed by atoms with Crippen LogP contribution >= 0.6 is 0 Å². The van der Waals surface area contributed by atoms with Crippen molar-refractivity contribution in [3.8, 4) is 11.1 Å². The van der Waals surface area contributed by atoms with Crippen LogP contribution in [0.15, 0.2) is 224 Å². The molecule has 0 heteroatoms. The smallest absolute Gasteiger partial charge is 0.00258 e. The lowest BCUT2D eigenvalue weighted by Crippen LogP contribution is -2.04. The van der Waals surface area contributed by atoms with Crippen LogP contribution in [0.3, 0.4) is 0 Å². The molecule has 10 rings (SSSR count). The number of hydrogen-bond donors (Lipinski definition) is 0. The molecule has 0 aromatic heterocycles. The molecule has 81 heavy (non-hydrogen) atoms. The molecular formula is C81H102. The van der Waals surface area contributed by atoms with Crippen LogP contribution in [0.1, 0.15) is 224 Å². The van der Waals surface area contributed by atoms with E-state index in [0.29, 0.717) is 29.6 Å². The zero-order valence-electron chi connectivity index (χ0n) is 52.6. The minimum atomic E-state index is 0.606. The molecule has 1 saturated carbocycles. The number of allylic oxidation sites excluding steroid dienone is 4. The molecule has 426 valence electrons. The molecule has 0 N–H and O–H groups in total. The molecule has 0 nitrogen and oxygen atoms in total. The molecule has 2 aliphatic rings. The van der Waals surface area contributed by atoms with Crippen molar-refractivity contribution in [1.29, 1.82) is 0 Å². The van der Waals surface area contributed by atoms with Gasteiger partial charge in [0.25, 0.3) is 0 Å². The molecule has 8 aromatic carbocycles. The second-order valence-electron chi connectivity index (χ2n) is 24.6. The van der Waals surface area contributed by atoms with Gasteiger partial charge in [0, 0.05) is 0 Å². The number of rotatable bonds is 12. The van der Waals surface area contributed by atoms with Gasteiger partial charge in [0.1, 0.15) is 0 Å². The molecule has 0 spiro atoms.